The van der Waals surface area contributed by atoms with Crippen molar-refractivity contribution >= 4 is 51.0 Å². The van der Waals surface area contributed by atoms with Gasteiger partial charge >= 0.3 is 6.09 Å². The molecular weight excluding hydrogens is 720 g/mol. The summed E-state index contributed by atoms with van der Waals surface area (Å²) in [6, 6.07) is 8.20. The number of benzene rings is 1. The minimum atomic E-state index is -3.82. The van der Waals surface area contributed by atoms with Crippen molar-refractivity contribution in [3.8, 4) is 0 Å². The topological polar surface area (TPSA) is 167 Å². The van der Waals surface area contributed by atoms with Gasteiger partial charge in [-0.15, -0.1) is 0 Å². The van der Waals surface area contributed by atoms with Crippen molar-refractivity contribution in [1.29, 1.82) is 0 Å². The van der Waals surface area contributed by atoms with E-state index in [0.717, 1.165) is 12.5 Å². The number of carbonyl (C=O) groups excluding carboxylic acids is 3. The van der Waals surface area contributed by atoms with Gasteiger partial charge in [-0.3, -0.25) is 9.59 Å². The van der Waals surface area contributed by atoms with Gasteiger partial charge in [-0.2, -0.15) is 4.31 Å². The number of anilines is 2. The van der Waals surface area contributed by atoms with Gasteiger partial charge in [0.25, 0.3) is 5.92 Å². The molecule has 1 saturated carbocycles. The Morgan fingerprint density at radius 2 is 1.63 bits per heavy atom. The van der Waals surface area contributed by atoms with Crippen molar-refractivity contribution in [3.63, 3.8) is 0 Å². The number of piperazine rings is 1. The van der Waals surface area contributed by atoms with Gasteiger partial charge in [0, 0.05) is 81.4 Å². The van der Waals surface area contributed by atoms with Crippen LogP contribution >= 0.6 is 11.6 Å². The highest BCUT2D eigenvalue weighted by atomic mass is 35.5. The lowest BCUT2D eigenvalue weighted by Crippen LogP contribution is -2.49. The molecule has 286 valence electrons. The van der Waals surface area contributed by atoms with Crippen molar-refractivity contribution in [3.05, 3.63) is 47.1 Å². The number of alkyl halides is 2. The monoisotopic (exact) mass is 767 g/mol. The Morgan fingerprint density at radius 1 is 1.00 bits per heavy atom. The second-order valence-corrected chi connectivity index (χ2v) is 17.0. The molecule has 2 saturated heterocycles. The molecule has 5 rings (SSSR count). The Hall–Kier alpha value is -3.60. The minimum absolute atomic E-state index is 0.0145. The van der Waals surface area contributed by atoms with Crippen LogP contribution in [0.1, 0.15) is 64.9 Å². The molecule has 1 atom stereocenters. The summed E-state index contributed by atoms with van der Waals surface area (Å²) in [5.41, 5.74) is 5.75. The number of aromatic nitrogens is 1. The second-order valence-electron chi connectivity index (χ2n) is 14.6. The third-order valence-electron chi connectivity index (χ3n) is 9.64. The first-order valence-corrected chi connectivity index (χ1v) is 19.5. The summed E-state index contributed by atoms with van der Waals surface area (Å²) in [5, 5.41) is 5.23. The number of nitrogens with two attached hydrogens (primary N) is 1. The molecule has 13 nitrogen and oxygen atoms in total. The highest BCUT2D eigenvalue weighted by Crippen LogP contribution is 2.46. The molecule has 0 radical (unpaired) electrons. The van der Waals surface area contributed by atoms with Crippen LogP contribution in [0.2, 0.25) is 5.15 Å². The maximum Gasteiger partial charge on any atom is 0.407 e. The van der Waals surface area contributed by atoms with Crippen LogP contribution in [0.5, 0.6) is 0 Å². The Morgan fingerprint density at radius 3 is 2.23 bits per heavy atom. The highest BCUT2D eigenvalue weighted by Gasteiger charge is 2.44. The number of sulfonamides is 1. The zero-order chi connectivity index (χ0) is 37.8. The molecule has 52 heavy (non-hydrogen) atoms. The van der Waals surface area contributed by atoms with Crippen LogP contribution in [0.15, 0.2) is 41.3 Å². The van der Waals surface area contributed by atoms with Crippen molar-refractivity contribution in [2.75, 3.05) is 55.6 Å². The summed E-state index contributed by atoms with van der Waals surface area (Å²) < 4.78 is 65.3. The average molecular weight is 768 g/mol. The summed E-state index contributed by atoms with van der Waals surface area (Å²) in [6.45, 7) is 6.71. The molecule has 1 aromatic heterocycles. The lowest BCUT2D eigenvalue weighted by molar-refractivity contribution is -0.129. The van der Waals surface area contributed by atoms with Crippen molar-refractivity contribution in [1.82, 2.24) is 19.9 Å². The summed E-state index contributed by atoms with van der Waals surface area (Å²) in [5.74, 6) is -4.70. The number of rotatable bonds is 11. The first kappa shape index (κ1) is 39.6. The minimum Gasteiger partial charge on any atom is -0.444 e. The third kappa shape index (κ3) is 9.68. The molecular formula is C35H48ClF2N7O6S. The van der Waals surface area contributed by atoms with Crippen LogP contribution < -0.4 is 26.2 Å². The number of nitrogens with one attached hydrogen (secondary N) is 2. The molecule has 0 bridgehead atoms. The van der Waals surface area contributed by atoms with Gasteiger partial charge in [-0.1, -0.05) is 11.6 Å². The van der Waals surface area contributed by atoms with E-state index in [1.54, 1.807) is 42.7 Å². The molecule has 1 aromatic carbocycles. The fourth-order valence-electron chi connectivity index (χ4n) is 6.79. The molecule has 1 unspecified atom stereocenters. The molecule has 2 aromatic rings. The third-order valence-corrected chi connectivity index (χ3v) is 11.8. The molecule has 3 heterocycles. The number of hydrogen-bond donors (Lipinski definition) is 3. The van der Waals surface area contributed by atoms with E-state index in [2.05, 4.69) is 15.6 Å². The Labute approximate surface area is 308 Å². The number of alkyl carbamates (subject to hydrolysis) is 1. The molecule has 17 heteroatoms. The number of pyridine rings is 1. The zero-order valence-corrected chi connectivity index (χ0v) is 31.3. The summed E-state index contributed by atoms with van der Waals surface area (Å²) in [7, 11) is -3.82. The van der Waals surface area contributed by atoms with Gasteiger partial charge in [0.05, 0.1) is 4.90 Å². The number of halogens is 3. The number of carbonyl (C=O) groups is 3. The van der Waals surface area contributed by atoms with Crippen molar-refractivity contribution in [2.24, 2.45) is 17.6 Å². The average Bonchev–Trinajstić information content (AvgIpc) is 3.54. The van der Waals surface area contributed by atoms with E-state index in [1.807, 2.05) is 0 Å². The maximum absolute atomic E-state index is 16.0. The Bertz CT molecular complexity index is 1710. The van der Waals surface area contributed by atoms with Gasteiger partial charge in [0.15, 0.2) is 0 Å². The maximum atomic E-state index is 16.0. The number of ether oxygens (including phenoxy) is 1. The van der Waals surface area contributed by atoms with Crippen molar-refractivity contribution < 1.29 is 36.3 Å². The number of amides is 3. The van der Waals surface area contributed by atoms with Crippen LogP contribution in [0.4, 0.5) is 25.1 Å². The van der Waals surface area contributed by atoms with E-state index in [-0.39, 0.29) is 98.2 Å². The van der Waals surface area contributed by atoms with Crippen LogP contribution in [0.3, 0.4) is 0 Å². The predicted molar refractivity (Wildman–Crippen MR) is 193 cm³/mol. The summed E-state index contributed by atoms with van der Waals surface area (Å²) >= 11 is 6.26. The van der Waals surface area contributed by atoms with Gasteiger partial charge in [0.2, 0.25) is 21.8 Å². The largest absolute Gasteiger partial charge is 0.444 e. The van der Waals surface area contributed by atoms with E-state index < -0.39 is 45.5 Å². The first-order valence-electron chi connectivity index (χ1n) is 17.7. The normalized spacial score (nSPS) is 21.2. The molecule has 1 aliphatic carbocycles. The number of hydrogen-bond acceptors (Lipinski definition) is 9. The lowest BCUT2D eigenvalue weighted by atomic mass is 9.77. The van der Waals surface area contributed by atoms with E-state index in [0.29, 0.717) is 18.7 Å². The van der Waals surface area contributed by atoms with Crippen LogP contribution in [-0.2, 0) is 30.3 Å². The fourth-order valence-corrected chi connectivity index (χ4v) is 8.42. The molecule has 2 aliphatic heterocycles. The van der Waals surface area contributed by atoms with E-state index in [4.69, 9.17) is 22.1 Å². The lowest BCUT2D eigenvalue weighted by Gasteiger charge is -2.36. The van der Waals surface area contributed by atoms with Crippen LogP contribution in [-0.4, -0.2) is 93.1 Å². The molecule has 4 N–H and O–H groups in total. The van der Waals surface area contributed by atoms with Crippen LogP contribution in [0, 0.1) is 11.8 Å². The molecule has 3 amide bonds. The van der Waals surface area contributed by atoms with Gasteiger partial charge < -0.3 is 30.9 Å². The summed E-state index contributed by atoms with van der Waals surface area (Å²) in [4.78, 5) is 44.5. The van der Waals surface area contributed by atoms with E-state index in [1.165, 1.54) is 22.5 Å². The van der Waals surface area contributed by atoms with Gasteiger partial charge in [-0.05, 0) is 89.3 Å². The van der Waals surface area contributed by atoms with E-state index in [9.17, 15) is 22.8 Å². The number of nitrogens with zero attached hydrogens (tertiary/aromatic N) is 4. The van der Waals surface area contributed by atoms with E-state index >= 15 is 8.78 Å². The standard InChI is InChI=1S/C35H48ClF2N7O6S/c1-34(2,3)51-33(48)41-22-26(39)21-40-32(47)23-6-8-24(9-7-23)35(37,38)25-19-29(36)42-30(20-25)43-15-17-44(18-16-43)52(49,50)28-12-10-27(11-13-28)45-14-4-5-31(45)46/h10-13,19-20,23-24,26H,4-9,14-18,21-22,39H2,1-3H3,(H,40,47)(H,41,48). The smallest absolute Gasteiger partial charge is 0.407 e. The zero-order valence-electron chi connectivity index (χ0n) is 29.7. The fraction of sp³-hybridized carbons (Fsp3) is 0.600. The first-order chi connectivity index (χ1) is 24.4. The SMILES string of the molecule is CC(C)(C)OC(=O)NCC(N)CNC(=O)C1CCC(C(F)(F)c2cc(Cl)nc(N3CCN(S(=O)(=O)c4ccc(N5CCCC5=O)cc4)CC3)c2)CC1. The van der Waals surface area contributed by atoms with Crippen LogP contribution in [0.25, 0.3) is 0 Å². The Kier molecular flexibility index (Phi) is 12.3. The summed E-state index contributed by atoms with van der Waals surface area (Å²) in [6.07, 6.45) is 1.43. The Balaban J connectivity index is 1.12. The highest BCUT2D eigenvalue weighted by molar-refractivity contribution is 7.89. The predicted octanol–water partition coefficient (Wildman–Crippen LogP) is 4.24. The second kappa shape index (κ2) is 16.2. The van der Waals surface area contributed by atoms with Gasteiger partial charge in [-0.25, -0.2) is 27.0 Å². The quantitative estimate of drug-likeness (QED) is 0.284. The van der Waals surface area contributed by atoms with Crippen molar-refractivity contribution in [2.45, 2.75) is 81.8 Å². The van der Waals surface area contributed by atoms with Gasteiger partial charge in [0.1, 0.15) is 16.6 Å². The molecule has 0 spiro atoms. The molecule has 3 aliphatic rings. The molecule has 3 fully saturated rings.